The summed E-state index contributed by atoms with van der Waals surface area (Å²) in [7, 11) is 0. The fourth-order valence-corrected chi connectivity index (χ4v) is 4.49. The van der Waals surface area contributed by atoms with E-state index in [1.807, 2.05) is 39.5 Å². The Morgan fingerprint density at radius 1 is 1.12 bits per heavy atom. The van der Waals surface area contributed by atoms with Gasteiger partial charge < -0.3 is 15.0 Å². The minimum atomic E-state index is -0.509. The summed E-state index contributed by atoms with van der Waals surface area (Å²) < 4.78 is 6.19. The summed E-state index contributed by atoms with van der Waals surface area (Å²) in [5.74, 6) is 0.126. The lowest BCUT2D eigenvalue weighted by Gasteiger charge is -2.47. The van der Waals surface area contributed by atoms with Crippen LogP contribution < -0.4 is 5.32 Å². The van der Waals surface area contributed by atoms with Crippen LogP contribution in [0.3, 0.4) is 0 Å². The van der Waals surface area contributed by atoms with E-state index in [-0.39, 0.29) is 24.0 Å². The number of carbonyl (C=O) groups excluding carboxylic acids is 2. The molecule has 0 bridgehead atoms. The molecule has 0 aromatic carbocycles. The maximum Gasteiger partial charge on any atom is 0.516 e. The molecule has 6 nitrogen and oxygen atoms in total. The Morgan fingerprint density at radius 2 is 1.73 bits per heavy atom. The van der Waals surface area contributed by atoms with E-state index in [9.17, 15) is 9.59 Å². The number of nitrogens with zero attached hydrogens (tertiary/aromatic N) is 2. The van der Waals surface area contributed by atoms with Crippen LogP contribution in [0.5, 0.6) is 0 Å². The number of hydrogen-bond acceptors (Lipinski definition) is 4. The standard InChI is InChI=1S/C20H38N3O3/c1-6-22(7-2)18(24)16-9-8-14-23(15-16,17-10-12-21-13-11-17)19(25)26-20(3,4)5/h16-17,21H,6-15H2,1-5H3/q+1. The van der Waals surface area contributed by atoms with Crippen molar-refractivity contribution in [3.8, 4) is 0 Å². The summed E-state index contributed by atoms with van der Waals surface area (Å²) >= 11 is 0. The molecular weight excluding hydrogens is 330 g/mol. The number of rotatable bonds is 4. The van der Waals surface area contributed by atoms with Crippen molar-refractivity contribution >= 4 is 12.0 Å². The smallest absolute Gasteiger partial charge is 0.414 e. The molecule has 2 heterocycles. The van der Waals surface area contributed by atoms with Gasteiger partial charge in [0.25, 0.3) is 0 Å². The third-order valence-electron chi connectivity index (χ3n) is 5.85. The summed E-state index contributed by atoms with van der Waals surface area (Å²) in [6.07, 6.45) is 3.57. The number of piperidine rings is 2. The normalized spacial score (nSPS) is 27.8. The van der Waals surface area contributed by atoms with Gasteiger partial charge in [0.2, 0.25) is 5.91 Å². The second-order valence-electron chi connectivity index (χ2n) is 8.75. The lowest BCUT2D eigenvalue weighted by molar-refractivity contribution is -0.891. The van der Waals surface area contributed by atoms with Crippen LogP contribution in [0.25, 0.3) is 0 Å². The number of likely N-dealkylation sites (tertiary alicyclic amines) is 1. The first-order chi connectivity index (χ1) is 12.2. The number of carbonyl (C=O) groups is 2. The number of quaternary nitrogens is 1. The SMILES string of the molecule is CCN(CC)C(=O)C1CCC[N+](C(=O)OC(C)(C)C)(C2CCNCC2)C1. The van der Waals surface area contributed by atoms with Gasteiger partial charge in [-0.05, 0) is 47.5 Å². The molecule has 2 rings (SSSR count). The molecule has 0 aromatic rings. The fraction of sp³-hybridized carbons (Fsp3) is 0.900. The Labute approximate surface area is 158 Å². The van der Waals surface area contributed by atoms with Gasteiger partial charge in [0.15, 0.2) is 0 Å². The average molecular weight is 369 g/mol. The first-order valence-electron chi connectivity index (χ1n) is 10.3. The third-order valence-corrected chi connectivity index (χ3v) is 5.85. The molecule has 0 spiro atoms. The highest BCUT2D eigenvalue weighted by molar-refractivity contribution is 5.79. The minimum absolute atomic E-state index is 0.0777. The monoisotopic (exact) mass is 368 g/mol. The molecular formula is C20H38N3O3+. The molecule has 2 fully saturated rings. The van der Waals surface area contributed by atoms with Crippen molar-refractivity contribution in [2.45, 2.75) is 71.9 Å². The molecule has 26 heavy (non-hydrogen) atoms. The van der Waals surface area contributed by atoms with E-state index in [1.54, 1.807) is 0 Å². The van der Waals surface area contributed by atoms with Crippen LogP contribution in [0.4, 0.5) is 4.79 Å². The van der Waals surface area contributed by atoms with Gasteiger partial charge in [0, 0.05) is 39.0 Å². The Balaban J connectivity index is 2.27. The van der Waals surface area contributed by atoms with Gasteiger partial charge in [-0.2, -0.15) is 4.79 Å². The predicted molar refractivity (Wildman–Crippen MR) is 103 cm³/mol. The summed E-state index contributed by atoms with van der Waals surface area (Å²) in [4.78, 5) is 28.2. The molecule has 6 heteroatoms. The molecule has 0 aliphatic carbocycles. The van der Waals surface area contributed by atoms with Crippen LogP contribution in [0.1, 0.15) is 60.3 Å². The van der Waals surface area contributed by atoms with Gasteiger partial charge in [-0.1, -0.05) is 0 Å². The Morgan fingerprint density at radius 3 is 2.27 bits per heavy atom. The van der Waals surface area contributed by atoms with E-state index in [2.05, 4.69) is 5.32 Å². The van der Waals surface area contributed by atoms with Gasteiger partial charge in [-0.3, -0.25) is 4.79 Å². The molecule has 2 amide bonds. The van der Waals surface area contributed by atoms with E-state index in [0.717, 1.165) is 58.4 Å². The zero-order chi connectivity index (χ0) is 19.4. The summed E-state index contributed by atoms with van der Waals surface area (Å²) in [6, 6.07) is 0.249. The third kappa shape index (κ3) is 4.77. The number of ether oxygens (including phenoxy) is 1. The first kappa shape index (κ1) is 21.2. The van der Waals surface area contributed by atoms with Crippen molar-refractivity contribution in [1.82, 2.24) is 10.2 Å². The van der Waals surface area contributed by atoms with Crippen molar-refractivity contribution in [3.63, 3.8) is 0 Å². The average Bonchev–Trinajstić information content (AvgIpc) is 2.62. The maximum atomic E-state index is 13.3. The van der Waals surface area contributed by atoms with E-state index in [4.69, 9.17) is 4.74 Å². The molecule has 2 saturated heterocycles. The number of nitrogens with one attached hydrogen (secondary N) is 1. The second-order valence-corrected chi connectivity index (χ2v) is 8.75. The Hall–Kier alpha value is -1.14. The van der Waals surface area contributed by atoms with Gasteiger partial charge in [0.05, 0.1) is 12.5 Å². The zero-order valence-corrected chi connectivity index (χ0v) is 17.3. The molecule has 2 aliphatic rings. The molecule has 2 unspecified atom stereocenters. The van der Waals surface area contributed by atoms with Gasteiger partial charge in [-0.15, -0.1) is 0 Å². The zero-order valence-electron chi connectivity index (χ0n) is 17.3. The van der Waals surface area contributed by atoms with E-state index >= 15 is 0 Å². The summed E-state index contributed by atoms with van der Waals surface area (Å²) in [6.45, 7) is 14.5. The Bertz CT molecular complexity index is 493. The van der Waals surface area contributed by atoms with Gasteiger partial charge in [0.1, 0.15) is 18.2 Å². The van der Waals surface area contributed by atoms with Crippen molar-refractivity contribution in [2.24, 2.45) is 5.92 Å². The second kappa shape index (κ2) is 8.70. The minimum Gasteiger partial charge on any atom is -0.414 e. The maximum absolute atomic E-state index is 13.3. The quantitative estimate of drug-likeness (QED) is 0.775. The van der Waals surface area contributed by atoms with Crippen molar-refractivity contribution in [3.05, 3.63) is 0 Å². The van der Waals surface area contributed by atoms with Crippen LogP contribution >= 0.6 is 0 Å². The van der Waals surface area contributed by atoms with Crippen LogP contribution in [-0.4, -0.2) is 72.3 Å². The molecule has 150 valence electrons. The highest BCUT2D eigenvalue weighted by atomic mass is 16.6. The molecule has 1 N–H and O–H groups in total. The van der Waals surface area contributed by atoms with E-state index in [1.165, 1.54) is 0 Å². The summed E-state index contributed by atoms with van der Waals surface area (Å²) in [5, 5.41) is 3.39. The van der Waals surface area contributed by atoms with Gasteiger partial charge in [-0.25, -0.2) is 4.48 Å². The topological polar surface area (TPSA) is 58.6 Å². The summed E-state index contributed by atoms with van der Waals surface area (Å²) in [5.41, 5.74) is -0.509. The lowest BCUT2D eigenvalue weighted by atomic mass is 9.90. The fourth-order valence-electron chi connectivity index (χ4n) is 4.49. The van der Waals surface area contributed by atoms with E-state index in [0.29, 0.717) is 11.0 Å². The van der Waals surface area contributed by atoms with Gasteiger partial charge >= 0.3 is 6.09 Å². The predicted octanol–water partition coefficient (Wildman–Crippen LogP) is 2.77. The molecule has 2 aliphatic heterocycles. The molecule has 0 radical (unpaired) electrons. The van der Waals surface area contributed by atoms with Crippen molar-refractivity contribution in [1.29, 1.82) is 0 Å². The lowest BCUT2D eigenvalue weighted by Crippen LogP contribution is -2.67. The molecule has 0 aromatic heterocycles. The molecule has 2 atom stereocenters. The van der Waals surface area contributed by atoms with Crippen LogP contribution in [0.2, 0.25) is 0 Å². The van der Waals surface area contributed by atoms with Crippen LogP contribution in [0, 0.1) is 5.92 Å². The highest BCUT2D eigenvalue weighted by Gasteiger charge is 2.52. The largest absolute Gasteiger partial charge is 0.516 e. The van der Waals surface area contributed by atoms with E-state index < -0.39 is 5.60 Å². The number of hydrogen-bond donors (Lipinski definition) is 1. The van der Waals surface area contributed by atoms with Crippen LogP contribution in [0.15, 0.2) is 0 Å². The highest BCUT2D eigenvalue weighted by Crippen LogP contribution is 2.33. The molecule has 0 saturated carbocycles. The Kier molecular flexibility index (Phi) is 7.08. The van der Waals surface area contributed by atoms with Crippen LogP contribution in [-0.2, 0) is 9.53 Å². The van der Waals surface area contributed by atoms with Crippen molar-refractivity contribution in [2.75, 3.05) is 39.3 Å². The van der Waals surface area contributed by atoms with Crippen molar-refractivity contribution < 1.29 is 18.8 Å². The number of amides is 2. The first-order valence-corrected chi connectivity index (χ1v) is 10.3.